The molecule has 0 unspecified atom stereocenters. The first-order valence-electron chi connectivity index (χ1n) is 8.96. The van der Waals surface area contributed by atoms with Crippen molar-refractivity contribution in [3.63, 3.8) is 0 Å². The van der Waals surface area contributed by atoms with Gasteiger partial charge in [-0.15, -0.1) is 5.10 Å². The van der Waals surface area contributed by atoms with Crippen LogP contribution in [0.25, 0.3) is 33.7 Å². The molecule has 0 saturated carbocycles. The Morgan fingerprint density at radius 3 is 2.73 bits per heavy atom. The second-order valence-electron chi connectivity index (χ2n) is 6.34. The summed E-state index contributed by atoms with van der Waals surface area (Å²) in [5.74, 6) is 0.835. The highest BCUT2D eigenvalue weighted by Crippen LogP contribution is 2.28. The van der Waals surface area contributed by atoms with Crippen molar-refractivity contribution >= 4 is 16.8 Å². The van der Waals surface area contributed by atoms with Gasteiger partial charge in [-0.3, -0.25) is 9.48 Å². The second-order valence-corrected chi connectivity index (χ2v) is 6.34. The van der Waals surface area contributed by atoms with Gasteiger partial charge in [0.2, 0.25) is 0 Å². The number of carbonyl (C=O) groups excluding carboxylic acids is 1. The molecule has 0 aliphatic rings. The number of carbonyl (C=O) groups is 1. The summed E-state index contributed by atoms with van der Waals surface area (Å²) in [4.78, 5) is 19.3. The van der Waals surface area contributed by atoms with Crippen LogP contribution < -0.4 is 5.32 Å². The van der Waals surface area contributed by atoms with E-state index in [2.05, 4.69) is 40.4 Å². The zero-order chi connectivity index (χ0) is 21.1. The van der Waals surface area contributed by atoms with Crippen molar-refractivity contribution in [2.24, 2.45) is 7.05 Å². The zero-order valence-corrected chi connectivity index (χ0v) is 16.4. The van der Waals surface area contributed by atoms with Crippen LogP contribution in [-0.4, -0.2) is 48.2 Å². The molecular formula is C19H18N8O3. The molecule has 0 radical (unpaired) electrons. The number of nitrogens with one attached hydrogen (secondary N) is 2. The van der Waals surface area contributed by atoms with Gasteiger partial charge < -0.3 is 19.3 Å². The maximum Gasteiger partial charge on any atom is 0.274 e. The Morgan fingerprint density at radius 2 is 2.10 bits per heavy atom. The van der Waals surface area contributed by atoms with Gasteiger partial charge in [0.15, 0.2) is 11.5 Å². The molecule has 0 aliphatic carbocycles. The number of H-pyrrole nitrogens is 1. The third-order valence-electron chi connectivity index (χ3n) is 4.30. The van der Waals surface area contributed by atoms with Crippen LogP contribution in [0.2, 0.25) is 0 Å². The minimum absolute atomic E-state index is 0.210. The van der Waals surface area contributed by atoms with Crippen LogP contribution in [0.15, 0.2) is 51.8 Å². The predicted molar refractivity (Wildman–Crippen MR) is 106 cm³/mol. The zero-order valence-electron chi connectivity index (χ0n) is 16.4. The number of rotatable bonds is 3. The summed E-state index contributed by atoms with van der Waals surface area (Å²) in [6.45, 7) is 1.78. The Balaban J connectivity index is 0.000000383. The lowest BCUT2D eigenvalue weighted by Gasteiger charge is -2.01. The average molecular weight is 406 g/mol. The Kier molecular flexibility index (Phi) is 5.08. The van der Waals surface area contributed by atoms with Gasteiger partial charge in [0, 0.05) is 35.8 Å². The number of aryl methyl sites for hydroxylation is 2. The molecule has 5 aromatic rings. The van der Waals surface area contributed by atoms with Crippen LogP contribution in [0, 0.1) is 6.92 Å². The van der Waals surface area contributed by atoms with Crippen LogP contribution >= 0.6 is 0 Å². The van der Waals surface area contributed by atoms with Crippen molar-refractivity contribution in [1.82, 2.24) is 40.6 Å². The van der Waals surface area contributed by atoms with Gasteiger partial charge in [0.05, 0.1) is 11.9 Å². The number of aromatic nitrogens is 7. The Labute approximate surface area is 170 Å². The van der Waals surface area contributed by atoms with E-state index in [1.807, 2.05) is 31.3 Å². The van der Waals surface area contributed by atoms with Crippen LogP contribution in [0.5, 0.6) is 0 Å². The molecule has 0 spiro atoms. The second kappa shape index (κ2) is 7.99. The molecule has 11 nitrogen and oxygen atoms in total. The van der Waals surface area contributed by atoms with E-state index in [1.165, 1.54) is 12.5 Å². The van der Waals surface area contributed by atoms with Gasteiger partial charge >= 0.3 is 0 Å². The smallest absolute Gasteiger partial charge is 0.274 e. The van der Waals surface area contributed by atoms with Crippen LogP contribution in [-0.2, 0) is 7.05 Å². The predicted octanol–water partition coefficient (Wildman–Crippen LogP) is 2.36. The minimum atomic E-state index is -0.210. The minimum Gasteiger partial charge on any atom is -0.354 e. The molecule has 1 amide bonds. The number of amides is 1. The molecule has 11 heteroatoms. The van der Waals surface area contributed by atoms with Crippen molar-refractivity contribution < 1.29 is 13.8 Å². The quantitative estimate of drug-likeness (QED) is 0.465. The fourth-order valence-electron chi connectivity index (χ4n) is 2.93. The Bertz CT molecular complexity index is 1270. The highest BCUT2D eigenvalue weighted by atomic mass is 16.5. The lowest BCUT2D eigenvalue weighted by atomic mass is 10.1. The number of fused-ring (bicyclic) bond motifs is 1. The molecule has 5 rings (SSSR count). The average Bonchev–Trinajstić information content (AvgIpc) is 3.53. The highest BCUT2D eigenvalue weighted by molar-refractivity contribution is 5.94. The maximum atomic E-state index is 11.8. The molecule has 0 fully saturated rings. The lowest BCUT2D eigenvalue weighted by Crippen LogP contribution is -2.18. The van der Waals surface area contributed by atoms with E-state index in [0.29, 0.717) is 17.4 Å². The third kappa shape index (κ3) is 3.81. The highest BCUT2D eigenvalue weighted by Gasteiger charge is 2.14. The van der Waals surface area contributed by atoms with Gasteiger partial charge in [-0.1, -0.05) is 11.2 Å². The summed E-state index contributed by atoms with van der Waals surface area (Å²) in [5.41, 5.74) is 3.94. The van der Waals surface area contributed by atoms with Gasteiger partial charge in [0.25, 0.3) is 11.8 Å². The van der Waals surface area contributed by atoms with Crippen molar-refractivity contribution in [3.05, 3.63) is 54.3 Å². The lowest BCUT2D eigenvalue weighted by molar-refractivity contribution is 0.0957. The van der Waals surface area contributed by atoms with Crippen molar-refractivity contribution in [3.8, 4) is 22.8 Å². The molecule has 152 valence electrons. The summed E-state index contributed by atoms with van der Waals surface area (Å²) in [5, 5.41) is 18.1. The third-order valence-corrected chi connectivity index (χ3v) is 4.30. The van der Waals surface area contributed by atoms with Crippen LogP contribution in [0.1, 0.15) is 16.3 Å². The van der Waals surface area contributed by atoms with Crippen molar-refractivity contribution in [2.45, 2.75) is 6.92 Å². The molecule has 30 heavy (non-hydrogen) atoms. The fraction of sp³-hybridized carbons (Fsp3) is 0.158. The molecule has 2 N–H and O–H groups in total. The van der Waals surface area contributed by atoms with Gasteiger partial charge in [-0.2, -0.15) is 10.1 Å². The summed E-state index contributed by atoms with van der Waals surface area (Å²) in [6, 6.07) is 9.72. The summed E-state index contributed by atoms with van der Waals surface area (Å²) < 4.78 is 11.1. The summed E-state index contributed by atoms with van der Waals surface area (Å²) in [7, 11) is 3.40. The molecule has 0 bridgehead atoms. The van der Waals surface area contributed by atoms with E-state index >= 15 is 0 Å². The molecule has 4 heterocycles. The number of hydrogen-bond donors (Lipinski definition) is 2. The first kappa shape index (κ1) is 19.1. The Hall–Kier alpha value is -4.28. The summed E-state index contributed by atoms with van der Waals surface area (Å²) >= 11 is 0. The van der Waals surface area contributed by atoms with E-state index < -0.39 is 0 Å². The normalized spacial score (nSPS) is 10.6. The van der Waals surface area contributed by atoms with Gasteiger partial charge in [-0.25, -0.2) is 0 Å². The molecule has 4 aromatic heterocycles. The first-order chi connectivity index (χ1) is 14.5. The number of benzene rings is 1. The summed E-state index contributed by atoms with van der Waals surface area (Å²) in [6.07, 6.45) is 2.88. The fourth-order valence-corrected chi connectivity index (χ4v) is 2.93. The van der Waals surface area contributed by atoms with Crippen molar-refractivity contribution in [2.75, 3.05) is 7.05 Å². The largest absolute Gasteiger partial charge is 0.354 e. The van der Waals surface area contributed by atoms with E-state index in [1.54, 1.807) is 24.7 Å². The molecule has 0 atom stereocenters. The molecular weight excluding hydrogens is 388 g/mol. The number of hydrogen-bond acceptors (Lipinski definition) is 8. The monoisotopic (exact) mass is 406 g/mol. The maximum absolute atomic E-state index is 11.8. The molecule has 0 saturated heterocycles. The van der Waals surface area contributed by atoms with E-state index in [0.717, 1.165) is 27.9 Å². The van der Waals surface area contributed by atoms with Crippen LogP contribution in [0.4, 0.5) is 0 Å². The number of nitrogens with zero attached hydrogens (tertiary/aromatic N) is 6. The van der Waals surface area contributed by atoms with E-state index in [4.69, 9.17) is 4.52 Å². The topological polar surface area (TPSA) is 141 Å². The molecule has 0 aliphatic heterocycles. The first-order valence-corrected chi connectivity index (χ1v) is 8.96. The van der Waals surface area contributed by atoms with Gasteiger partial charge in [-0.05, 0) is 31.2 Å². The number of aromatic amines is 1. The van der Waals surface area contributed by atoms with E-state index in [-0.39, 0.29) is 5.91 Å². The van der Waals surface area contributed by atoms with Crippen molar-refractivity contribution in [1.29, 1.82) is 0 Å². The van der Waals surface area contributed by atoms with Gasteiger partial charge in [0.1, 0.15) is 12.0 Å². The van der Waals surface area contributed by atoms with E-state index in [9.17, 15) is 4.79 Å². The molecule has 1 aromatic carbocycles. The standard InChI is InChI=1S/C17H16N6O2.C2H2N2O/c1-9-19-17(25-22-9)14-7-11-6-10(4-5-12(11)20-14)15-8-13(16(24)18-2)21-23(15)3;1-2-5-4-3-1/h4-8,20H,1-3H3,(H,18,24);1-2H. The Morgan fingerprint density at radius 1 is 1.23 bits per heavy atom. The SMILES string of the molecule is CNC(=O)c1cc(-c2ccc3[nH]c(-c4nc(C)no4)cc3c2)n(C)n1.c1conn1. The van der Waals surface area contributed by atoms with Crippen LogP contribution in [0.3, 0.4) is 0 Å².